The Bertz CT molecular complexity index is 568. The number of sulfonamides is 1. The van der Waals surface area contributed by atoms with E-state index >= 15 is 0 Å². The molecule has 1 aromatic carbocycles. The number of hydrogen-bond donors (Lipinski definition) is 1. The van der Waals surface area contributed by atoms with E-state index in [9.17, 15) is 8.42 Å². The van der Waals surface area contributed by atoms with Crippen molar-refractivity contribution in [1.29, 1.82) is 0 Å². The number of nitrogens with zero attached hydrogens (tertiary/aromatic N) is 1. The number of hydrogen-bond acceptors (Lipinski definition) is 3. The van der Waals surface area contributed by atoms with Crippen LogP contribution in [0.3, 0.4) is 0 Å². The SMILES string of the molecule is CCN(C1CC1)S(=O)(=O)c1cc(N)c(Br)cc1C. The highest BCUT2D eigenvalue weighted by Gasteiger charge is 2.37. The zero-order valence-corrected chi connectivity index (χ0v) is 12.9. The molecule has 0 unspecified atom stereocenters. The topological polar surface area (TPSA) is 63.4 Å². The number of nitrogens with two attached hydrogens (primary N) is 1. The van der Waals surface area contributed by atoms with Gasteiger partial charge >= 0.3 is 0 Å². The van der Waals surface area contributed by atoms with Crippen LogP contribution in [0.2, 0.25) is 0 Å². The van der Waals surface area contributed by atoms with Crippen LogP contribution in [0.15, 0.2) is 21.5 Å². The van der Waals surface area contributed by atoms with E-state index in [0.29, 0.717) is 17.1 Å². The van der Waals surface area contributed by atoms with E-state index < -0.39 is 10.0 Å². The summed E-state index contributed by atoms with van der Waals surface area (Å²) in [5.74, 6) is 0. The van der Waals surface area contributed by atoms with Crippen LogP contribution in [0.4, 0.5) is 5.69 Å². The fourth-order valence-corrected chi connectivity index (χ4v) is 4.46. The molecule has 0 aliphatic heterocycles. The van der Waals surface area contributed by atoms with E-state index in [1.165, 1.54) is 0 Å². The van der Waals surface area contributed by atoms with Crippen LogP contribution < -0.4 is 5.73 Å². The van der Waals surface area contributed by atoms with Crippen molar-refractivity contribution in [2.45, 2.75) is 37.6 Å². The average Bonchev–Trinajstić information content (AvgIpc) is 3.08. The molecule has 0 saturated heterocycles. The number of nitrogen functional groups attached to an aromatic ring is 1. The van der Waals surface area contributed by atoms with Gasteiger partial charge in [0.05, 0.1) is 4.90 Å². The second-order valence-electron chi connectivity index (χ2n) is 4.58. The molecule has 0 aromatic heterocycles. The summed E-state index contributed by atoms with van der Waals surface area (Å²) in [5.41, 5.74) is 6.96. The maximum Gasteiger partial charge on any atom is 0.243 e. The van der Waals surface area contributed by atoms with Crippen LogP contribution in [-0.4, -0.2) is 25.3 Å². The first-order chi connectivity index (χ1) is 8.37. The van der Waals surface area contributed by atoms with Crippen LogP contribution in [0.1, 0.15) is 25.3 Å². The molecule has 0 bridgehead atoms. The quantitative estimate of drug-likeness (QED) is 0.861. The molecular formula is C12H17BrN2O2S. The van der Waals surface area contributed by atoms with Gasteiger partial charge in [-0.1, -0.05) is 6.92 Å². The fraction of sp³-hybridized carbons (Fsp3) is 0.500. The van der Waals surface area contributed by atoms with Crippen LogP contribution in [0, 0.1) is 6.92 Å². The summed E-state index contributed by atoms with van der Waals surface area (Å²) in [6.07, 6.45) is 1.91. The molecule has 1 aliphatic rings. The van der Waals surface area contributed by atoms with Gasteiger partial charge < -0.3 is 5.73 Å². The van der Waals surface area contributed by atoms with Gasteiger partial charge in [0.15, 0.2) is 0 Å². The third kappa shape index (κ3) is 2.41. The summed E-state index contributed by atoms with van der Waals surface area (Å²) in [6.45, 7) is 4.16. The molecule has 0 spiro atoms. The van der Waals surface area contributed by atoms with Crippen molar-refractivity contribution in [3.05, 3.63) is 22.2 Å². The van der Waals surface area contributed by atoms with Gasteiger partial charge in [0, 0.05) is 22.7 Å². The Morgan fingerprint density at radius 3 is 2.56 bits per heavy atom. The lowest BCUT2D eigenvalue weighted by atomic mass is 10.2. The summed E-state index contributed by atoms with van der Waals surface area (Å²) in [5, 5.41) is 0. The van der Waals surface area contributed by atoms with Crippen molar-refractivity contribution in [1.82, 2.24) is 4.31 Å². The predicted molar refractivity (Wildman–Crippen MR) is 75.9 cm³/mol. The Labute approximate surface area is 116 Å². The Kier molecular flexibility index (Phi) is 3.71. The summed E-state index contributed by atoms with van der Waals surface area (Å²) < 4.78 is 27.5. The number of anilines is 1. The second-order valence-corrected chi connectivity index (χ2v) is 7.29. The van der Waals surface area contributed by atoms with Crippen molar-refractivity contribution in [3.8, 4) is 0 Å². The van der Waals surface area contributed by atoms with Crippen LogP contribution >= 0.6 is 15.9 Å². The molecular weight excluding hydrogens is 316 g/mol. The van der Waals surface area contributed by atoms with E-state index in [2.05, 4.69) is 15.9 Å². The molecule has 1 aliphatic carbocycles. The van der Waals surface area contributed by atoms with Crippen LogP contribution in [-0.2, 0) is 10.0 Å². The first-order valence-electron chi connectivity index (χ1n) is 5.95. The van der Waals surface area contributed by atoms with Crippen molar-refractivity contribution in [2.24, 2.45) is 0 Å². The van der Waals surface area contributed by atoms with E-state index in [4.69, 9.17) is 5.73 Å². The number of aryl methyl sites for hydroxylation is 1. The van der Waals surface area contributed by atoms with Gasteiger partial charge in [-0.05, 0) is 53.4 Å². The molecule has 1 fully saturated rings. The zero-order chi connectivity index (χ0) is 13.5. The minimum atomic E-state index is -3.43. The van der Waals surface area contributed by atoms with Gasteiger partial charge in [-0.25, -0.2) is 8.42 Å². The smallest absolute Gasteiger partial charge is 0.243 e. The standard InChI is InChI=1S/C12H17BrN2O2S/c1-3-15(9-4-5-9)18(16,17)12-7-11(14)10(13)6-8(12)2/h6-7,9H,3-5,14H2,1-2H3. The molecule has 6 heteroatoms. The molecule has 1 saturated carbocycles. The molecule has 0 atom stereocenters. The third-order valence-corrected chi connectivity index (χ3v) is 6.00. The maximum absolute atomic E-state index is 12.6. The summed E-state index contributed by atoms with van der Waals surface area (Å²) in [4.78, 5) is 0.317. The highest BCUT2D eigenvalue weighted by Crippen LogP contribution is 2.34. The minimum Gasteiger partial charge on any atom is -0.398 e. The average molecular weight is 333 g/mol. The van der Waals surface area contributed by atoms with Gasteiger partial charge in [0.25, 0.3) is 0 Å². The highest BCUT2D eigenvalue weighted by atomic mass is 79.9. The van der Waals surface area contributed by atoms with E-state index in [1.807, 2.05) is 6.92 Å². The normalized spacial score (nSPS) is 16.2. The summed E-state index contributed by atoms with van der Waals surface area (Å²) in [6, 6.07) is 3.47. The van der Waals surface area contributed by atoms with Gasteiger partial charge in [0.1, 0.15) is 0 Å². The Balaban J connectivity index is 2.49. The Hall–Kier alpha value is -0.590. The molecule has 2 N–H and O–H groups in total. The molecule has 1 aromatic rings. The molecule has 4 nitrogen and oxygen atoms in total. The lowest BCUT2D eigenvalue weighted by Gasteiger charge is -2.21. The highest BCUT2D eigenvalue weighted by molar-refractivity contribution is 9.10. The van der Waals surface area contributed by atoms with Gasteiger partial charge in [-0.2, -0.15) is 4.31 Å². The fourth-order valence-electron chi connectivity index (χ4n) is 2.06. The summed E-state index contributed by atoms with van der Waals surface area (Å²) in [7, 11) is -3.43. The number of benzene rings is 1. The number of rotatable bonds is 4. The van der Waals surface area contributed by atoms with Crippen molar-refractivity contribution < 1.29 is 8.42 Å². The zero-order valence-electron chi connectivity index (χ0n) is 10.5. The number of halogens is 1. The van der Waals surface area contributed by atoms with E-state index in [1.54, 1.807) is 23.4 Å². The lowest BCUT2D eigenvalue weighted by Crippen LogP contribution is -2.33. The molecule has 0 radical (unpaired) electrons. The van der Waals surface area contributed by atoms with E-state index in [0.717, 1.165) is 22.9 Å². The van der Waals surface area contributed by atoms with Crippen molar-refractivity contribution in [3.63, 3.8) is 0 Å². The predicted octanol–water partition coefficient (Wildman–Crippen LogP) is 2.51. The lowest BCUT2D eigenvalue weighted by molar-refractivity contribution is 0.420. The third-order valence-electron chi connectivity index (χ3n) is 3.15. The Morgan fingerprint density at radius 1 is 1.44 bits per heavy atom. The first kappa shape index (κ1) is 13.8. The van der Waals surface area contributed by atoms with Gasteiger partial charge in [-0.15, -0.1) is 0 Å². The molecule has 100 valence electrons. The largest absolute Gasteiger partial charge is 0.398 e. The van der Waals surface area contributed by atoms with Gasteiger partial charge in [0.2, 0.25) is 10.0 Å². The summed E-state index contributed by atoms with van der Waals surface area (Å²) >= 11 is 3.31. The van der Waals surface area contributed by atoms with E-state index in [-0.39, 0.29) is 6.04 Å². The molecule has 0 heterocycles. The van der Waals surface area contributed by atoms with Crippen molar-refractivity contribution >= 4 is 31.6 Å². The maximum atomic E-state index is 12.6. The van der Waals surface area contributed by atoms with Gasteiger partial charge in [-0.3, -0.25) is 0 Å². The Morgan fingerprint density at radius 2 is 2.06 bits per heavy atom. The monoisotopic (exact) mass is 332 g/mol. The first-order valence-corrected chi connectivity index (χ1v) is 8.18. The van der Waals surface area contributed by atoms with Crippen LogP contribution in [0.25, 0.3) is 0 Å². The molecule has 18 heavy (non-hydrogen) atoms. The molecule has 0 amide bonds. The second kappa shape index (κ2) is 4.83. The van der Waals surface area contributed by atoms with Crippen molar-refractivity contribution in [2.75, 3.05) is 12.3 Å². The van der Waals surface area contributed by atoms with Crippen LogP contribution in [0.5, 0.6) is 0 Å². The minimum absolute atomic E-state index is 0.171. The molecule has 2 rings (SSSR count).